The summed E-state index contributed by atoms with van der Waals surface area (Å²) in [4.78, 5) is 29.6. The normalized spacial score (nSPS) is 37.0. The Morgan fingerprint density at radius 3 is 2.44 bits per heavy atom. The molecule has 2 heterocycles. The lowest BCUT2D eigenvalue weighted by atomic mass is 9.53. The number of hydrogen-bond donors (Lipinski definition) is 3. The number of rotatable bonds is 3. The summed E-state index contributed by atoms with van der Waals surface area (Å²) in [5.74, 6) is 2.25. The molecule has 0 aromatic carbocycles. The molecule has 4 saturated carbocycles. The standard InChI is InChI=1S/C21H26N4O2/c1-12-17(18(24-20(27)23-12)16-3-2-4-22-11-16)19(26)25-21-8-13-5-14(9-21)7-15(6-13)10-21/h2-4,11,13-15,18H,5-10H2,1H3,(H,25,26)(H2,23,24,27)/t13?,14?,15?,18-,21?/m0/s1. The molecule has 6 heteroatoms. The zero-order valence-corrected chi connectivity index (χ0v) is 15.6. The monoisotopic (exact) mass is 366 g/mol. The Kier molecular flexibility index (Phi) is 3.78. The summed E-state index contributed by atoms with van der Waals surface area (Å²) in [6.07, 6.45) is 10.7. The van der Waals surface area contributed by atoms with Crippen LogP contribution in [0.25, 0.3) is 0 Å². The molecule has 0 spiro atoms. The van der Waals surface area contributed by atoms with Gasteiger partial charge in [-0.05, 0) is 74.8 Å². The Morgan fingerprint density at radius 2 is 1.85 bits per heavy atom. The van der Waals surface area contributed by atoms with E-state index in [0.717, 1.165) is 42.6 Å². The van der Waals surface area contributed by atoms with Crippen molar-refractivity contribution in [1.82, 2.24) is 20.9 Å². The summed E-state index contributed by atoms with van der Waals surface area (Å²) >= 11 is 0. The van der Waals surface area contributed by atoms with E-state index in [4.69, 9.17) is 0 Å². The first-order valence-electron chi connectivity index (χ1n) is 10.0. The number of aromatic nitrogens is 1. The maximum atomic E-state index is 13.4. The van der Waals surface area contributed by atoms with Crippen LogP contribution in [0.1, 0.15) is 57.1 Å². The Bertz CT molecular complexity index is 781. The molecule has 5 aliphatic rings. The number of carbonyl (C=O) groups is 2. The molecule has 1 aliphatic heterocycles. The molecule has 6 rings (SSSR count). The predicted octanol–water partition coefficient (Wildman–Crippen LogP) is 2.79. The zero-order valence-electron chi connectivity index (χ0n) is 15.6. The number of nitrogens with one attached hydrogen (secondary N) is 3. The molecule has 1 aromatic rings. The van der Waals surface area contributed by atoms with E-state index in [1.54, 1.807) is 19.3 Å². The van der Waals surface area contributed by atoms with Gasteiger partial charge in [0.1, 0.15) is 0 Å². The van der Waals surface area contributed by atoms with Gasteiger partial charge in [0.05, 0.1) is 11.6 Å². The number of carbonyl (C=O) groups excluding carboxylic acids is 2. The lowest BCUT2D eigenvalue weighted by molar-refractivity contribution is -0.123. The molecule has 6 nitrogen and oxygen atoms in total. The van der Waals surface area contributed by atoms with Crippen molar-refractivity contribution in [2.24, 2.45) is 17.8 Å². The highest BCUT2D eigenvalue weighted by molar-refractivity contribution is 5.99. The van der Waals surface area contributed by atoms with Crippen LogP contribution in [0.5, 0.6) is 0 Å². The lowest BCUT2D eigenvalue weighted by Gasteiger charge is -2.57. The second-order valence-electron chi connectivity index (χ2n) is 9.01. The number of pyridine rings is 1. The van der Waals surface area contributed by atoms with E-state index in [-0.39, 0.29) is 17.5 Å². The SMILES string of the molecule is CC1=C(C(=O)NC23CC4CC(CC(C4)C2)C3)[C@H](c2cccnc2)NC(=O)N1. The summed E-state index contributed by atoms with van der Waals surface area (Å²) in [6.45, 7) is 1.80. The van der Waals surface area contributed by atoms with Gasteiger partial charge in [-0.1, -0.05) is 6.07 Å². The minimum Gasteiger partial charge on any atom is -0.347 e. The van der Waals surface area contributed by atoms with Gasteiger partial charge in [-0.2, -0.15) is 0 Å². The maximum Gasteiger partial charge on any atom is 0.319 e. The zero-order chi connectivity index (χ0) is 18.6. The maximum absolute atomic E-state index is 13.4. The van der Waals surface area contributed by atoms with Gasteiger partial charge < -0.3 is 16.0 Å². The van der Waals surface area contributed by atoms with Crippen LogP contribution in [-0.2, 0) is 4.79 Å². The second kappa shape index (κ2) is 6.08. The van der Waals surface area contributed by atoms with Crippen LogP contribution in [0.3, 0.4) is 0 Å². The van der Waals surface area contributed by atoms with Gasteiger partial charge >= 0.3 is 6.03 Å². The summed E-state index contributed by atoms with van der Waals surface area (Å²) in [7, 11) is 0. The highest BCUT2D eigenvalue weighted by Crippen LogP contribution is 2.55. The minimum absolute atomic E-state index is 0.0555. The van der Waals surface area contributed by atoms with Crippen molar-refractivity contribution in [3.63, 3.8) is 0 Å². The second-order valence-corrected chi connectivity index (χ2v) is 9.01. The Balaban J connectivity index is 1.44. The van der Waals surface area contributed by atoms with Crippen LogP contribution in [0.2, 0.25) is 0 Å². The fourth-order valence-corrected chi connectivity index (χ4v) is 6.36. The van der Waals surface area contributed by atoms with Crippen molar-refractivity contribution in [3.05, 3.63) is 41.4 Å². The van der Waals surface area contributed by atoms with Crippen molar-refractivity contribution in [3.8, 4) is 0 Å². The highest BCUT2D eigenvalue weighted by atomic mass is 16.2. The largest absolute Gasteiger partial charge is 0.347 e. The lowest BCUT2D eigenvalue weighted by Crippen LogP contribution is -2.61. The first kappa shape index (κ1) is 16.8. The molecule has 0 unspecified atom stereocenters. The van der Waals surface area contributed by atoms with Gasteiger partial charge in [-0.15, -0.1) is 0 Å². The van der Waals surface area contributed by atoms with Crippen LogP contribution >= 0.6 is 0 Å². The molecule has 4 aliphatic carbocycles. The molecule has 4 fully saturated rings. The van der Waals surface area contributed by atoms with Crippen molar-refractivity contribution >= 4 is 11.9 Å². The van der Waals surface area contributed by atoms with Gasteiger partial charge in [0.25, 0.3) is 5.91 Å². The highest BCUT2D eigenvalue weighted by Gasteiger charge is 2.52. The average molecular weight is 366 g/mol. The molecule has 4 bridgehead atoms. The van der Waals surface area contributed by atoms with Crippen LogP contribution in [-0.4, -0.2) is 22.5 Å². The van der Waals surface area contributed by atoms with Crippen LogP contribution in [0, 0.1) is 17.8 Å². The molecule has 142 valence electrons. The van der Waals surface area contributed by atoms with Crippen molar-refractivity contribution in [2.75, 3.05) is 0 Å². The van der Waals surface area contributed by atoms with E-state index in [1.807, 2.05) is 12.1 Å². The number of nitrogens with zero attached hydrogens (tertiary/aromatic N) is 1. The van der Waals surface area contributed by atoms with Crippen LogP contribution in [0.15, 0.2) is 35.8 Å². The molecule has 3 amide bonds. The third kappa shape index (κ3) is 2.91. The molecule has 27 heavy (non-hydrogen) atoms. The first-order valence-corrected chi connectivity index (χ1v) is 10.0. The average Bonchev–Trinajstić information content (AvgIpc) is 2.60. The molecule has 0 saturated heterocycles. The minimum atomic E-state index is -0.471. The quantitative estimate of drug-likeness (QED) is 0.769. The third-order valence-electron chi connectivity index (χ3n) is 6.95. The van der Waals surface area contributed by atoms with E-state index in [9.17, 15) is 9.59 Å². The topological polar surface area (TPSA) is 83.1 Å². The first-order chi connectivity index (χ1) is 13.0. The third-order valence-corrected chi connectivity index (χ3v) is 6.95. The molecule has 1 atom stereocenters. The summed E-state index contributed by atoms with van der Waals surface area (Å²) < 4.78 is 0. The number of urea groups is 1. The van der Waals surface area contributed by atoms with E-state index in [1.165, 1.54) is 19.3 Å². The van der Waals surface area contributed by atoms with E-state index in [0.29, 0.717) is 11.3 Å². The number of amides is 3. The van der Waals surface area contributed by atoms with E-state index < -0.39 is 6.04 Å². The van der Waals surface area contributed by atoms with Crippen LogP contribution < -0.4 is 16.0 Å². The summed E-state index contributed by atoms with van der Waals surface area (Å²) in [5.41, 5.74) is 1.98. The smallest absolute Gasteiger partial charge is 0.319 e. The van der Waals surface area contributed by atoms with Gasteiger partial charge in [-0.25, -0.2) is 4.79 Å². The summed E-state index contributed by atoms with van der Waals surface area (Å²) in [6, 6.07) is 2.97. The molecular formula is C21H26N4O2. The fraction of sp³-hybridized carbons (Fsp3) is 0.571. The number of allylic oxidation sites excluding steroid dienone is 1. The van der Waals surface area contributed by atoms with Gasteiger partial charge in [0.15, 0.2) is 0 Å². The molecule has 0 radical (unpaired) electrons. The van der Waals surface area contributed by atoms with Crippen molar-refractivity contribution in [2.45, 2.75) is 57.0 Å². The van der Waals surface area contributed by atoms with Crippen molar-refractivity contribution < 1.29 is 9.59 Å². The van der Waals surface area contributed by atoms with Crippen LogP contribution in [0.4, 0.5) is 4.79 Å². The molecule has 1 aromatic heterocycles. The van der Waals surface area contributed by atoms with Gasteiger partial charge in [0, 0.05) is 23.6 Å². The molecular weight excluding hydrogens is 340 g/mol. The fourth-order valence-electron chi connectivity index (χ4n) is 6.36. The number of hydrogen-bond acceptors (Lipinski definition) is 3. The Morgan fingerprint density at radius 1 is 1.19 bits per heavy atom. The Hall–Kier alpha value is -2.37. The van der Waals surface area contributed by atoms with Gasteiger partial charge in [-0.3, -0.25) is 9.78 Å². The summed E-state index contributed by atoms with van der Waals surface area (Å²) in [5, 5.41) is 9.09. The van der Waals surface area contributed by atoms with E-state index in [2.05, 4.69) is 20.9 Å². The van der Waals surface area contributed by atoms with E-state index >= 15 is 0 Å². The van der Waals surface area contributed by atoms with Gasteiger partial charge in [0.2, 0.25) is 0 Å². The predicted molar refractivity (Wildman–Crippen MR) is 100 cm³/mol. The Labute approximate surface area is 159 Å². The molecule has 3 N–H and O–H groups in total. The van der Waals surface area contributed by atoms with Crippen molar-refractivity contribution in [1.29, 1.82) is 0 Å².